The van der Waals surface area contributed by atoms with E-state index in [4.69, 9.17) is 9.84 Å². The topological polar surface area (TPSA) is 78.9 Å². The summed E-state index contributed by atoms with van der Waals surface area (Å²) in [6.07, 6.45) is 0. The molecule has 0 aliphatic carbocycles. The van der Waals surface area contributed by atoms with E-state index in [9.17, 15) is 8.42 Å². The molecule has 1 aromatic rings. The van der Waals surface area contributed by atoms with Crippen molar-refractivity contribution in [1.29, 1.82) is 0 Å². The lowest BCUT2D eigenvalue weighted by molar-refractivity contribution is 0.0725. The minimum atomic E-state index is -3.45. The van der Waals surface area contributed by atoms with Crippen molar-refractivity contribution in [2.75, 3.05) is 26.3 Å². The first-order chi connectivity index (χ1) is 8.58. The highest BCUT2D eigenvalue weighted by Crippen LogP contribution is 2.10. The summed E-state index contributed by atoms with van der Waals surface area (Å²) in [5.74, 6) is 0.162. The van der Waals surface area contributed by atoms with Crippen LogP contribution < -0.4 is 4.72 Å². The van der Waals surface area contributed by atoms with E-state index >= 15 is 0 Å². The van der Waals surface area contributed by atoms with Crippen molar-refractivity contribution < 1.29 is 18.3 Å². The van der Waals surface area contributed by atoms with E-state index in [2.05, 4.69) is 4.72 Å². The number of morpholine rings is 1. The van der Waals surface area contributed by atoms with E-state index in [0.29, 0.717) is 26.3 Å². The van der Waals surface area contributed by atoms with Gasteiger partial charge in [0, 0.05) is 19.6 Å². The Morgan fingerprint density at radius 2 is 1.83 bits per heavy atom. The third-order valence-corrected chi connectivity index (χ3v) is 4.26. The van der Waals surface area contributed by atoms with Gasteiger partial charge in [-0.3, -0.25) is 0 Å². The predicted molar refractivity (Wildman–Crippen MR) is 66.3 cm³/mol. The lowest BCUT2D eigenvalue weighted by Gasteiger charge is -2.26. The van der Waals surface area contributed by atoms with Crippen LogP contribution in [0.4, 0.5) is 0 Å². The molecule has 100 valence electrons. The molecule has 0 bridgehead atoms. The molecule has 18 heavy (non-hydrogen) atoms. The van der Waals surface area contributed by atoms with Crippen molar-refractivity contribution in [2.45, 2.75) is 6.54 Å². The molecule has 0 aromatic heterocycles. The average Bonchev–Trinajstić information content (AvgIpc) is 2.39. The standard InChI is InChI=1S/C11H16N2O4S/c14-11-3-1-10(2-4-11)9-12-18(15,16)13-5-7-17-8-6-13/h1-4,12,14H,5-9H2. The Morgan fingerprint density at radius 3 is 2.44 bits per heavy atom. The largest absolute Gasteiger partial charge is 0.508 e. The molecule has 2 rings (SSSR count). The number of benzene rings is 1. The molecular formula is C11H16N2O4S. The van der Waals surface area contributed by atoms with Crippen molar-refractivity contribution in [1.82, 2.24) is 9.03 Å². The number of nitrogens with zero attached hydrogens (tertiary/aromatic N) is 1. The van der Waals surface area contributed by atoms with Crippen LogP contribution in [-0.2, 0) is 21.5 Å². The summed E-state index contributed by atoms with van der Waals surface area (Å²) in [6.45, 7) is 1.83. The number of phenolic OH excluding ortho intramolecular Hbond substituents is 1. The second-order valence-electron chi connectivity index (χ2n) is 4.00. The van der Waals surface area contributed by atoms with Gasteiger partial charge in [-0.15, -0.1) is 0 Å². The zero-order valence-electron chi connectivity index (χ0n) is 9.87. The molecule has 1 aromatic carbocycles. The number of rotatable bonds is 4. The first-order valence-electron chi connectivity index (χ1n) is 5.68. The van der Waals surface area contributed by atoms with Gasteiger partial charge >= 0.3 is 0 Å². The van der Waals surface area contributed by atoms with E-state index in [1.807, 2.05) is 0 Å². The van der Waals surface area contributed by atoms with Gasteiger partial charge in [0.25, 0.3) is 10.2 Å². The fourth-order valence-corrected chi connectivity index (χ4v) is 2.83. The molecule has 6 nitrogen and oxygen atoms in total. The molecule has 1 heterocycles. The number of nitrogens with one attached hydrogen (secondary N) is 1. The number of aromatic hydroxyl groups is 1. The Balaban J connectivity index is 1.94. The summed E-state index contributed by atoms with van der Waals surface area (Å²) >= 11 is 0. The lowest BCUT2D eigenvalue weighted by atomic mass is 10.2. The molecule has 1 saturated heterocycles. The van der Waals surface area contributed by atoms with Crippen molar-refractivity contribution in [3.63, 3.8) is 0 Å². The zero-order chi connectivity index (χ0) is 13.0. The Labute approximate surface area is 106 Å². The molecule has 7 heteroatoms. The zero-order valence-corrected chi connectivity index (χ0v) is 10.7. The molecule has 2 N–H and O–H groups in total. The van der Waals surface area contributed by atoms with Gasteiger partial charge in [-0.2, -0.15) is 17.4 Å². The fourth-order valence-electron chi connectivity index (χ4n) is 1.67. The molecule has 0 atom stereocenters. The third-order valence-electron chi connectivity index (χ3n) is 2.71. The second kappa shape index (κ2) is 5.66. The van der Waals surface area contributed by atoms with Gasteiger partial charge in [0.2, 0.25) is 0 Å². The Bertz CT molecular complexity index is 480. The number of hydrogen-bond donors (Lipinski definition) is 2. The maximum Gasteiger partial charge on any atom is 0.279 e. The van der Waals surface area contributed by atoms with Crippen LogP contribution in [0.25, 0.3) is 0 Å². The van der Waals surface area contributed by atoms with E-state index < -0.39 is 10.2 Å². The molecule has 0 saturated carbocycles. The van der Waals surface area contributed by atoms with Gasteiger partial charge in [0.15, 0.2) is 0 Å². The molecule has 1 aliphatic heterocycles. The van der Waals surface area contributed by atoms with E-state index in [1.54, 1.807) is 12.1 Å². The van der Waals surface area contributed by atoms with Gasteiger partial charge in [-0.1, -0.05) is 12.1 Å². The normalized spacial score (nSPS) is 17.8. The summed E-state index contributed by atoms with van der Waals surface area (Å²) in [7, 11) is -3.45. The minimum Gasteiger partial charge on any atom is -0.508 e. The van der Waals surface area contributed by atoms with Crippen LogP contribution in [-0.4, -0.2) is 44.1 Å². The molecule has 1 aliphatic rings. The first kappa shape index (κ1) is 13.3. The van der Waals surface area contributed by atoms with E-state index in [0.717, 1.165) is 5.56 Å². The van der Waals surface area contributed by atoms with Gasteiger partial charge in [0.1, 0.15) is 5.75 Å². The van der Waals surface area contributed by atoms with Crippen LogP contribution in [0.15, 0.2) is 24.3 Å². The molecule has 0 spiro atoms. The quantitative estimate of drug-likeness (QED) is 0.812. The summed E-state index contributed by atoms with van der Waals surface area (Å²) in [5, 5.41) is 9.13. The highest BCUT2D eigenvalue weighted by molar-refractivity contribution is 7.87. The van der Waals surface area contributed by atoms with Crippen molar-refractivity contribution >= 4 is 10.2 Å². The van der Waals surface area contributed by atoms with Crippen LogP contribution in [0.3, 0.4) is 0 Å². The fraction of sp³-hybridized carbons (Fsp3) is 0.455. The molecule has 1 fully saturated rings. The van der Waals surface area contributed by atoms with Gasteiger partial charge in [-0.25, -0.2) is 0 Å². The summed E-state index contributed by atoms with van der Waals surface area (Å²) in [4.78, 5) is 0. The number of hydrogen-bond acceptors (Lipinski definition) is 4. The minimum absolute atomic E-state index is 0.162. The number of phenols is 1. The maximum atomic E-state index is 11.9. The monoisotopic (exact) mass is 272 g/mol. The van der Waals surface area contributed by atoms with Crippen molar-refractivity contribution in [3.05, 3.63) is 29.8 Å². The third kappa shape index (κ3) is 3.42. The highest BCUT2D eigenvalue weighted by Gasteiger charge is 2.23. The highest BCUT2D eigenvalue weighted by atomic mass is 32.2. The van der Waals surface area contributed by atoms with Gasteiger partial charge < -0.3 is 9.84 Å². The Hall–Kier alpha value is -1.15. The van der Waals surface area contributed by atoms with Crippen LogP contribution in [0, 0.1) is 0 Å². The van der Waals surface area contributed by atoms with Crippen LogP contribution in [0.5, 0.6) is 5.75 Å². The molecule has 0 unspecified atom stereocenters. The van der Waals surface area contributed by atoms with Crippen molar-refractivity contribution in [2.24, 2.45) is 0 Å². The first-order valence-corrected chi connectivity index (χ1v) is 7.12. The number of ether oxygens (including phenoxy) is 1. The van der Waals surface area contributed by atoms with Crippen LogP contribution in [0.1, 0.15) is 5.56 Å². The van der Waals surface area contributed by atoms with Crippen LogP contribution >= 0.6 is 0 Å². The predicted octanol–water partition coefficient (Wildman–Crippen LogP) is 0.0588. The smallest absolute Gasteiger partial charge is 0.279 e. The van der Waals surface area contributed by atoms with Crippen molar-refractivity contribution in [3.8, 4) is 5.75 Å². The van der Waals surface area contributed by atoms with E-state index in [1.165, 1.54) is 16.4 Å². The summed E-state index contributed by atoms with van der Waals surface area (Å²) in [5.41, 5.74) is 0.796. The Kier molecular flexibility index (Phi) is 4.18. The Morgan fingerprint density at radius 1 is 1.22 bits per heavy atom. The maximum absolute atomic E-state index is 11.9. The van der Waals surface area contributed by atoms with Crippen LogP contribution in [0.2, 0.25) is 0 Å². The van der Waals surface area contributed by atoms with E-state index in [-0.39, 0.29) is 12.3 Å². The average molecular weight is 272 g/mol. The summed E-state index contributed by atoms with van der Waals surface area (Å²) < 4.78 is 32.9. The van der Waals surface area contributed by atoms with Gasteiger partial charge in [-0.05, 0) is 17.7 Å². The summed E-state index contributed by atoms with van der Waals surface area (Å²) in [6, 6.07) is 6.41. The molecular weight excluding hydrogens is 256 g/mol. The lowest BCUT2D eigenvalue weighted by Crippen LogP contribution is -2.46. The molecule has 0 amide bonds. The second-order valence-corrected chi connectivity index (χ2v) is 5.76. The molecule has 0 radical (unpaired) electrons. The van der Waals surface area contributed by atoms with Gasteiger partial charge in [0.05, 0.1) is 13.2 Å². The SMILES string of the molecule is O=S(=O)(NCc1ccc(O)cc1)N1CCOCC1.